The first-order valence-electron chi connectivity index (χ1n) is 13.9. The molecule has 1 N–H and O–H groups in total. The van der Waals surface area contributed by atoms with Crippen molar-refractivity contribution in [2.45, 2.75) is 25.3 Å². The van der Waals surface area contributed by atoms with Crippen LogP contribution in [-0.4, -0.2) is 91.7 Å². The van der Waals surface area contributed by atoms with Crippen LogP contribution in [0.4, 0.5) is 5.69 Å². The minimum absolute atomic E-state index is 0.180. The Morgan fingerprint density at radius 1 is 0.925 bits per heavy atom. The summed E-state index contributed by atoms with van der Waals surface area (Å²) in [6.45, 7) is 6.91. The summed E-state index contributed by atoms with van der Waals surface area (Å²) in [5.41, 5.74) is -0.533. The number of para-hydroxylation sites is 1. The standard InChI is InChI=1S/C30H33N3O7/c1-2-10-32-22-7-4-3-6-21(22)30(29(32)37)25(26(34)20-8-9-23-24(19-20)40-18-17-39-23)27(35)28(36)33(30)12-5-11-31-13-15-38-16-14-31/h3-4,6-9,19,34H,2,5,10-18H2,1H3. The number of morpholine rings is 1. The molecule has 210 valence electrons. The Morgan fingerprint density at radius 3 is 2.45 bits per heavy atom. The average molecular weight is 548 g/mol. The van der Waals surface area contributed by atoms with Gasteiger partial charge in [0, 0.05) is 43.9 Å². The van der Waals surface area contributed by atoms with Crippen LogP contribution in [0.2, 0.25) is 0 Å². The highest BCUT2D eigenvalue weighted by molar-refractivity contribution is 6.50. The van der Waals surface area contributed by atoms with Gasteiger partial charge in [0.2, 0.25) is 0 Å². The van der Waals surface area contributed by atoms with E-state index in [0.29, 0.717) is 75.1 Å². The van der Waals surface area contributed by atoms with E-state index in [0.717, 1.165) is 13.1 Å². The molecule has 40 heavy (non-hydrogen) atoms. The van der Waals surface area contributed by atoms with Gasteiger partial charge in [0.1, 0.15) is 19.0 Å². The summed E-state index contributed by atoms with van der Waals surface area (Å²) in [6, 6.07) is 12.1. The molecule has 10 nitrogen and oxygen atoms in total. The predicted octanol–water partition coefficient (Wildman–Crippen LogP) is 2.51. The SMILES string of the molecule is CCCN1C(=O)C2(C(=C(O)c3ccc4c(c3)OCCO4)C(=O)C(=O)N2CCCN2CCOCC2)c2ccccc21. The number of hydrogen-bond donors (Lipinski definition) is 1. The van der Waals surface area contributed by atoms with Crippen molar-refractivity contribution in [3.8, 4) is 11.5 Å². The van der Waals surface area contributed by atoms with Gasteiger partial charge in [0.15, 0.2) is 17.0 Å². The number of benzene rings is 2. The molecule has 2 amide bonds. The smallest absolute Gasteiger partial charge is 0.296 e. The summed E-state index contributed by atoms with van der Waals surface area (Å²) in [6.07, 6.45) is 1.24. The fourth-order valence-corrected chi connectivity index (χ4v) is 6.22. The molecule has 0 aliphatic carbocycles. The van der Waals surface area contributed by atoms with Crippen molar-refractivity contribution >= 4 is 29.0 Å². The number of hydrogen-bond acceptors (Lipinski definition) is 8. The molecule has 2 aromatic rings. The average Bonchev–Trinajstić information content (AvgIpc) is 3.36. The molecule has 2 aromatic carbocycles. The largest absolute Gasteiger partial charge is 0.507 e. The first kappa shape index (κ1) is 26.3. The molecule has 1 atom stereocenters. The minimum Gasteiger partial charge on any atom is -0.507 e. The van der Waals surface area contributed by atoms with E-state index in [2.05, 4.69) is 4.90 Å². The van der Waals surface area contributed by atoms with Gasteiger partial charge in [-0.2, -0.15) is 0 Å². The Kier molecular flexibility index (Phi) is 6.97. The molecule has 0 radical (unpaired) electrons. The van der Waals surface area contributed by atoms with Gasteiger partial charge in [-0.3, -0.25) is 19.3 Å². The lowest BCUT2D eigenvalue weighted by Crippen LogP contribution is -2.52. The first-order valence-corrected chi connectivity index (χ1v) is 13.9. The van der Waals surface area contributed by atoms with E-state index in [1.165, 1.54) is 4.90 Å². The number of amides is 2. The third-order valence-electron chi connectivity index (χ3n) is 8.03. The van der Waals surface area contributed by atoms with Crippen molar-refractivity contribution < 1.29 is 33.7 Å². The molecule has 2 saturated heterocycles. The molecule has 1 unspecified atom stereocenters. The second-order valence-corrected chi connectivity index (χ2v) is 10.4. The molecule has 10 heteroatoms. The summed E-state index contributed by atoms with van der Waals surface area (Å²) in [7, 11) is 0. The van der Waals surface area contributed by atoms with Gasteiger partial charge in [-0.1, -0.05) is 25.1 Å². The summed E-state index contributed by atoms with van der Waals surface area (Å²) in [4.78, 5) is 47.3. The van der Waals surface area contributed by atoms with Gasteiger partial charge < -0.3 is 29.1 Å². The van der Waals surface area contributed by atoms with Crippen molar-refractivity contribution in [1.82, 2.24) is 9.80 Å². The van der Waals surface area contributed by atoms with Gasteiger partial charge in [0.25, 0.3) is 17.6 Å². The zero-order valence-electron chi connectivity index (χ0n) is 22.6. The molecule has 0 bridgehead atoms. The van der Waals surface area contributed by atoms with Crippen LogP contribution in [0.3, 0.4) is 0 Å². The number of aliphatic hydroxyl groups excluding tert-OH is 1. The molecule has 1 spiro atoms. The van der Waals surface area contributed by atoms with Crippen LogP contribution in [0.25, 0.3) is 5.76 Å². The minimum atomic E-state index is -1.76. The van der Waals surface area contributed by atoms with E-state index in [4.69, 9.17) is 14.2 Å². The topological polar surface area (TPSA) is 109 Å². The molecule has 6 rings (SSSR count). The number of anilines is 1. The number of aliphatic hydroxyl groups is 1. The number of fused-ring (bicyclic) bond motifs is 3. The second kappa shape index (κ2) is 10.6. The van der Waals surface area contributed by atoms with Crippen molar-refractivity contribution in [2.75, 3.05) is 64.1 Å². The fourth-order valence-electron chi connectivity index (χ4n) is 6.22. The van der Waals surface area contributed by atoms with Crippen LogP contribution in [-0.2, 0) is 24.7 Å². The van der Waals surface area contributed by atoms with Gasteiger partial charge >= 0.3 is 0 Å². The van der Waals surface area contributed by atoms with Crippen LogP contribution in [0.15, 0.2) is 48.0 Å². The zero-order valence-corrected chi connectivity index (χ0v) is 22.6. The Morgan fingerprint density at radius 2 is 1.68 bits per heavy atom. The van der Waals surface area contributed by atoms with Gasteiger partial charge in [-0.25, -0.2) is 0 Å². The number of carbonyl (C=O) groups excluding carboxylic acids is 3. The molecule has 4 heterocycles. The number of nitrogens with zero attached hydrogens (tertiary/aromatic N) is 3. The second-order valence-electron chi connectivity index (χ2n) is 10.4. The Labute approximate surface area is 232 Å². The number of Topliss-reactive ketones (excluding diaryl/α,β-unsaturated/α-hetero) is 1. The zero-order chi connectivity index (χ0) is 27.9. The van der Waals surface area contributed by atoms with Gasteiger partial charge in [0.05, 0.1) is 24.5 Å². The number of rotatable bonds is 7. The van der Waals surface area contributed by atoms with Crippen molar-refractivity contribution in [2.24, 2.45) is 0 Å². The maximum atomic E-state index is 14.5. The molecule has 2 fully saturated rings. The molecule has 4 aliphatic rings. The van der Waals surface area contributed by atoms with E-state index in [1.54, 1.807) is 35.2 Å². The molecular formula is C30H33N3O7. The first-order chi connectivity index (χ1) is 19.5. The van der Waals surface area contributed by atoms with Crippen LogP contribution < -0.4 is 14.4 Å². The molecule has 4 aliphatic heterocycles. The highest BCUT2D eigenvalue weighted by Crippen LogP contribution is 2.54. The molecule has 0 aromatic heterocycles. The Bertz CT molecular complexity index is 1380. The Balaban J connectivity index is 1.48. The number of carbonyl (C=O) groups is 3. The van der Waals surface area contributed by atoms with Crippen LogP contribution in [0.5, 0.6) is 11.5 Å². The van der Waals surface area contributed by atoms with Crippen molar-refractivity contribution in [3.63, 3.8) is 0 Å². The summed E-state index contributed by atoms with van der Waals surface area (Å²) in [5.74, 6) is -1.53. The van der Waals surface area contributed by atoms with Gasteiger partial charge in [-0.15, -0.1) is 0 Å². The van der Waals surface area contributed by atoms with E-state index in [9.17, 15) is 19.5 Å². The fraction of sp³-hybridized carbons (Fsp3) is 0.433. The maximum Gasteiger partial charge on any atom is 0.296 e. The lowest BCUT2D eigenvalue weighted by atomic mass is 9.81. The van der Waals surface area contributed by atoms with Crippen LogP contribution in [0.1, 0.15) is 30.9 Å². The molecule has 0 saturated carbocycles. The van der Waals surface area contributed by atoms with E-state index < -0.39 is 28.9 Å². The third kappa shape index (κ3) is 4.05. The lowest BCUT2D eigenvalue weighted by Gasteiger charge is -2.35. The summed E-state index contributed by atoms with van der Waals surface area (Å²) < 4.78 is 16.7. The number of likely N-dealkylation sites (tertiary alicyclic amines) is 1. The maximum absolute atomic E-state index is 14.5. The summed E-state index contributed by atoms with van der Waals surface area (Å²) in [5, 5.41) is 11.7. The van der Waals surface area contributed by atoms with Gasteiger partial charge in [-0.05, 0) is 37.1 Å². The van der Waals surface area contributed by atoms with E-state index in [1.807, 2.05) is 19.1 Å². The Hall–Kier alpha value is -3.89. The van der Waals surface area contributed by atoms with Crippen molar-refractivity contribution in [3.05, 3.63) is 59.2 Å². The molecular weight excluding hydrogens is 514 g/mol. The lowest BCUT2D eigenvalue weighted by molar-refractivity contribution is -0.143. The monoisotopic (exact) mass is 547 g/mol. The van der Waals surface area contributed by atoms with E-state index >= 15 is 0 Å². The predicted molar refractivity (Wildman–Crippen MR) is 146 cm³/mol. The normalized spacial score (nSPS) is 23.8. The summed E-state index contributed by atoms with van der Waals surface area (Å²) >= 11 is 0. The highest BCUT2D eigenvalue weighted by Gasteiger charge is 2.66. The van der Waals surface area contributed by atoms with Crippen LogP contribution >= 0.6 is 0 Å². The number of ether oxygens (including phenoxy) is 3. The number of ketones is 1. The van der Waals surface area contributed by atoms with Crippen molar-refractivity contribution in [1.29, 1.82) is 0 Å². The van der Waals surface area contributed by atoms with E-state index in [-0.39, 0.29) is 17.7 Å². The van der Waals surface area contributed by atoms with Crippen LogP contribution in [0, 0.1) is 0 Å². The third-order valence-corrected chi connectivity index (χ3v) is 8.03. The quantitative estimate of drug-likeness (QED) is 0.320. The highest BCUT2D eigenvalue weighted by atomic mass is 16.6.